The fraction of sp³-hybridized carbons (Fsp3) is 1.00. The van der Waals surface area contributed by atoms with Crippen molar-refractivity contribution in [3.8, 4) is 0 Å². The van der Waals surface area contributed by atoms with Crippen LogP contribution in [-0.4, -0.2) is 55.2 Å². The Bertz CT molecular complexity index is 326. The molecule has 2 aliphatic heterocycles. The number of nitrogens with one attached hydrogen (secondary N) is 1. The summed E-state index contributed by atoms with van der Waals surface area (Å²) in [6.07, 6.45) is 2.02. The monoisotopic (exact) mass is 264 g/mol. The molecule has 6 heteroatoms. The van der Waals surface area contributed by atoms with Crippen LogP contribution in [0.25, 0.3) is 0 Å². The van der Waals surface area contributed by atoms with Gasteiger partial charge >= 0.3 is 0 Å². The second-order valence-electron chi connectivity index (χ2n) is 4.51. The van der Waals surface area contributed by atoms with Crippen molar-refractivity contribution in [2.24, 2.45) is 0 Å². The SMILES string of the molecule is CC1CNCCN(C2CCSCC2)S1(=O)=O. The first kappa shape index (κ1) is 12.7. The van der Waals surface area contributed by atoms with Crippen molar-refractivity contribution in [2.75, 3.05) is 31.1 Å². The number of thioether (sulfide) groups is 1. The van der Waals surface area contributed by atoms with E-state index < -0.39 is 10.0 Å². The summed E-state index contributed by atoms with van der Waals surface area (Å²) < 4.78 is 26.4. The largest absolute Gasteiger partial charge is 0.314 e. The molecule has 2 aliphatic rings. The molecule has 2 heterocycles. The second-order valence-corrected chi connectivity index (χ2v) is 8.04. The Kier molecular flexibility index (Phi) is 4.15. The number of hydrogen-bond donors (Lipinski definition) is 1. The van der Waals surface area contributed by atoms with Crippen molar-refractivity contribution >= 4 is 21.8 Å². The molecule has 0 aromatic carbocycles. The van der Waals surface area contributed by atoms with Gasteiger partial charge in [-0.2, -0.15) is 16.1 Å². The summed E-state index contributed by atoms with van der Waals surface area (Å²) in [7, 11) is -3.08. The van der Waals surface area contributed by atoms with E-state index in [1.165, 1.54) is 0 Å². The molecule has 2 saturated heterocycles. The summed E-state index contributed by atoms with van der Waals surface area (Å²) in [6, 6.07) is 0.244. The highest BCUT2D eigenvalue weighted by molar-refractivity contribution is 7.99. The zero-order valence-electron chi connectivity index (χ0n) is 9.68. The maximum atomic E-state index is 12.3. The van der Waals surface area contributed by atoms with Crippen LogP contribution in [0.15, 0.2) is 0 Å². The molecule has 1 unspecified atom stereocenters. The molecule has 1 N–H and O–H groups in total. The minimum Gasteiger partial charge on any atom is -0.314 e. The van der Waals surface area contributed by atoms with Crippen molar-refractivity contribution in [1.29, 1.82) is 0 Å². The Morgan fingerprint density at radius 2 is 2.00 bits per heavy atom. The third-order valence-corrected chi connectivity index (χ3v) is 6.74. The molecule has 0 bridgehead atoms. The van der Waals surface area contributed by atoms with Crippen LogP contribution in [-0.2, 0) is 10.0 Å². The lowest BCUT2D eigenvalue weighted by Gasteiger charge is -2.33. The van der Waals surface area contributed by atoms with E-state index in [0.717, 1.165) is 30.9 Å². The van der Waals surface area contributed by atoms with Gasteiger partial charge in [-0.1, -0.05) is 0 Å². The fourth-order valence-electron chi connectivity index (χ4n) is 2.32. The van der Waals surface area contributed by atoms with E-state index in [9.17, 15) is 8.42 Å². The van der Waals surface area contributed by atoms with Crippen molar-refractivity contribution in [3.63, 3.8) is 0 Å². The van der Waals surface area contributed by atoms with E-state index in [1.54, 1.807) is 11.2 Å². The van der Waals surface area contributed by atoms with E-state index in [4.69, 9.17) is 0 Å². The van der Waals surface area contributed by atoms with Gasteiger partial charge < -0.3 is 5.32 Å². The van der Waals surface area contributed by atoms with E-state index in [-0.39, 0.29) is 11.3 Å². The summed E-state index contributed by atoms with van der Waals surface area (Å²) in [5.74, 6) is 2.19. The molecule has 4 nitrogen and oxygen atoms in total. The van der Waals surface area contributed by atoms with Gasteiger partial charge in [0.25, 0.3) is 0 Å². The fourth-order valence-corrected chi connectivity index (χ4v) is 5.17. The van der Waals surface area contributed by atoms with E-state index in [2.05, 4.69) is 5.32 Å². The van der Waals surface area contributed by atoms with Crippen LogP contribution in [0.4, 0.5) is 0 Å². The van der Waals surface area contributed by atoms with Gasteiger partial charge in [-0.3, -0.25) is 0 Å². The average Bonchev–Trinajstić information content (AvgIpc) is 2.41. The molecule has 1 atom stereocenters. The van der Waals surface area contributed by atoms with Crippen LogP contribution >= 0.6 is 11.8 Å². The van der Waals surface area contributed by atoms with Crippen LogP contribution in [0.3, 0.4) is 0 Å². The maximum absolute atomic E-state index is 12.3. The van der Waals surface area contributed by atoms with Gasteiger partial charge in [0.2, 0.25) is 10.0 Å². The average molecular weight is 264 g/mol. The van der Waals surface area contributed by atoms with Crippen molar-refractivity contribution in [1.82, 2.24) is 9.62 Å². The molecule has 2 rings (SSSR count). The molecule has 0 aliphatic carbocycles. The Morgan fingerprint density at radius 1 is 1.31 bits per heavy atom. The first-order chi connectivity index (χ1) is 7.62. The summed E-state index contributed by atoms with van der Waals surface area (Å²) in [4.78, 5) is 0. The van der Waals surface area contributed by atoms with Gasteiger partial charge in [-0.15, -0.1) is 0 Å². The van der Waals surface area contributed by atoms with Crippen molar-refractivity contribution < 1.29 is 8.42 Å². The van der Waals surface area contributed by atoms with Crippen LogP contribution in [0.5, 0.6) is 0 Å². The molecule has 0 saturated carbocycles. The molecule has 0 aromatic rings. The highest BCUT2D eigenvalue weighted by Gasteiger charge is 2.36. The highest BCUT2D eigenvalue weighted by Crippen LogP contribution is 2.25. The summed E-state index contributed by atoms with van der Waals surface area (Å²) in [6.45, 7) is 3.81. The van der Waals surface area contributed by atoms with Crippen LogP contribution < -0.4 is 5.32 Å². The van der Waals surface area contributed by atoms with Gasteiger partial charge in [0.1, 0.15) is 0 Å². The molecule has 0 radical (unpaired) electrons. The molecular weight excluding hydrogens is 244 g/mol. The lowest BCUT2D eigenvalue weighted by molar-refractivity contribution is 0.308. The Balaban J connectivity index is 2.16. The van der Waals surface area contributed by atoms with Crippen LogP contribution in [0.2, 0.25) is 0 Å². The van der Waals surface area contributed by atoms with E-state index in [1.807, 2.05) is 11.8 Å². The first-order valence-corrected chi connectivity index (χ1v) is 8.57. The van der Waals surface area contributed by atoms with Gasteiger partial charge in [0.15, 0.2) is 0 Å². The van der Waals surface area contributed by atoms with Gasteiger partial charge in [-0.25, -0.2) is 8.42 Å². The lowest BCUT2D eigenvalue weighted by Crippen LogP contribution is -2.46. The predicted molar refractivity (Wildman–Crippen MR) is 68.3 cm³/mol. The molecule has 0 spiro atoms. The van der Waals surface area contributed by atoms with Crippen molar-refractivity contribution in [3.05, 3.63) is 0 Å². The number of rotatable bonds is 1. The maximum Gasteiger partial charge on any atom is 0.218 e. The number of hydrogen-bond acceptors (Lipinski definition) is 4. The molecule has 2 fully saturated rings. The normalized spacial score (nSPS) is 33.4. The van der Waals surface area contributed by atoms with Gasteiger partial charge in [-0.05, 0) is 31.3 Å². The summed E-state index contributed by atoms with van der Waals surface area (Å²) in [5, 5.41) is 2.91. The molecule has 0 aromatic heterocycles. The molecular formula is C10H20N2O2S2. The minimum atomic E-state index is -3.08. The van der Waals surface area contributed by atoms with Crippen molar-refractivity contribution in [2.45, 2.75) is 31.1 Å². The Hall–Kier alpha value is 0.220. The van der Waals surface area contributed by atoms with Crippen LogP contribution in [0, 0.1) is 0 Å². The topological polar surface area (TPSA) is 49.4 Å². The van der Waals surface area contributed by atoms with E-state index in [0.29, 0.717) is 13.1 Å². The molecule has 16 heavy (non-hydrogen) atoms. The highest BCUT2D eigenvalue weighted by atomic mass is 32.2. The zero-order valence-corrected chi connectivity index (χ0v) is 11.3. The van der Waals surface area contributed by atoms with Gasteiger partial charge in [0.05, 0.1) is 5.25 Å². The Labute approximate surface area is 102 Å². The molecule has 0 amide bonds. The predicted octanol–water partition coefficient (Wildman–Crippen LogP) is 0.505. The minimum absolute atomic E-state index is 0.244. The van der Waals surface area contributed by atoms with Crippen LogP contribution in [0.1, 0.15) is 19.8 Å². The number of sulfonamides is 1. The molecule has 94 valence electrons. The van der Waals surface area contributed by atoms with E-state index >= 15 is 0 Å². The lowest BCUT2D eigenvalue weighted by atomic mass is 10.1. The summed E-state index contributed by atoms with van der Waals surface area (Å²) >= 11 is 1.93. The first-order valence-electron chi connectivity index (χ1n) is 5.91. The zero-order chi connectivity index (χ0) is 11.6. The number of nitrogens with zero attached hydrogens (tertiary/aromatic N) is 1. The second kappa shape index (κ2) is 5.25. The third kappa shape index (κ3) is 2.55. The third-order valence-electron chi connectivity index (χ3n) is 3.37. The Morgan fingerprint density at radius 3 is 2.69 bits per heavy atom. The summed E-state index contributed by atoms with van der Waals surface area (Å²) in [5.41, 5.74) is 0. The quantitative estimate of drug-likeness (QED) is 0.749. The standard InChI is InChI=1S/C10H20N2O2S2/c1-9-8-11-4-5-12(16(9,13)14)10-2-6-15-7-3-10/h9-11H,2-8H2,1H3. The van der Waals surface area contributed by atoms with Gasteiger partial charge in [0, 0.05) is 25.7 Å². The smallest absolute Gasteiger partial charge is 0.218 e.